The lowest BCUT2D eigenvalue weighted by atomic mass is 9.84. The topological polar surface area (TPSA) is 67.5 Å². The van der Waals surface area contributed by atoms with Crippen molar-refractivity contribution < 1.29 is 0 Å². The van der Waals surface area contributed by atoms with Gasteiger partial charge in [-0.2, -0.15) is 0 Å². The van der Waals surface area contributed by atoms with Crippen LogP contribution in [-0.4, -0.2) is 31.3 Å². The summed E-state index contributed by atoms with van der Waals surface area (Å²) in [5.41, 5.74) is 5.76. The van der Waals surface area contributed by atoms with E-state index < -0.39 is 0 Å². The maximum Gasteiger partial charge on any atom is 0.241 e. The summed E-state index contributed by atoms with van der Waals surface area (Å²) in [4.78, 5) is 13.8. The third kappa shape index (κ3) is 6.02. The third-order valence-electron chi connectivity index (χ3n) is 7.25. The zero-order valence-corrected chi connectivity index (χ0v) is 21.5. The molecule has 0 aliphatic heterocycles. The predicted octanol–water partition coefficient (Wildman–Crippen LogP) is 7.40. The Morgan fingerprint density at radius 3 is 2.44 bits per heavy atom. The summed E-state index contributed by atoms with van der Waals surface area (Å²) >= 11 is 0. The first kappa shape index (κ1) is 24.4. The Morgan fingerprint density at radius 2 is 1.85 bits per heavy atom. The highest BCUT2D eigenvalue weighted by atomic mass is 15.3. The second-order valence-electron chi connectivity index (χ2n) is 10.3. The first-order chi connectivity index (χ1) is 16.4. The van der Waals surface area contributed by atoms with Crippen LogP contribution in [0.2, 0.25) is 0 Å². The molecule has 2 saturated carbocycles. The Labute approximate surface area is 204 Å². The van der Waals surface area contributed by atoms with Crippen molar-refractivity contribution in [3.05, 3.63) is 36.3 Å². The van der Waals surface area contributed by atoms with Crippen LogP contribution in [0.25, 0.3) is 16.8 Å². The maximum atomic E-state index is 4.75. The number of anilines is 1. The molecule has 182 valence electrons. The Kier molecular flexibility index (Phi) is 7.96. The van der Waals surface area contributed by atoms with Crippen LogP contribution in [-0.2, 0) is 0 Å². The third-order valence-corrected chi connectivity index (χ3v) is 7.25. The van der Waals surface area contributed by atoms with Gasteiger partial charge in [0.05, 0.1) is 28.8 Å². The number of nitrogens with zero attached hydrogens (tertiary/aromatic N) is 5. The Bertz CT molecular complexity index is 1110. The highest BCUT2D eigenvalue weighted by Crippen LogP contribution is 2.29. The first-order valence-corrected chi connectivity index (χ1v) is 13.0. The van der Waals surface area contributed by atoms with E-state index in [2.05, 4.69) is 34.2 Å². The van der Waals surface area contributed by atoms with E-state index in [1.807, 2.05) is 55.9 Å². The van der Waals surface area contributed by atoms with Crippen LogP contribution in [0.15, 0.2) is 35.6 Å². The number of aryl methyl sites for hydroxylation is 1. The quantitative estimate of drug-likeness (QED) is 0.403. The molecule has 2 fully saturated rings. The van der Waals surface area contributed by atoms with Gasteiger partial charge in [0.15, 0.2) is 0 Å². The van der Waals surface area contributed by atoms with Crippen molar-refractivity contribution in [2.75, 3.05) is 5.32 Å². The lowest BCUT2D eigenvalue weighted by molar-refractivity contribution is 0.307. The van der Waals surface area contributed by atoms with Gasteiger partial charge < -0.3 is 5.32 Å². The summed E-state index contributed by atoms with van der Waals surface area (Å²) in [6.07, 6.45) is 14.7. The van der Waals surface area contributed by atoms with E-state index in [4.69, 9.17) is 4.98 Å². The van der Waals surface area contributed by atoms with Gasteiger partial charge in [-0.3, -0.25) is 9.98 Å². The van der Waals surface area contributed by atoms with Gasteiger partial charge >= 0.3 is 0 Å². The minimum absolute atomic E-state index is 0.475. The van der Waals surface area contributed by atoms with Gasteiger partial charge in [-0.25, -0.2) is 9.50 Å². The van der Waals surface area contributed by atoms with Gasteiger partial charge in [0, 0.05) is 23.5 Å². The van der Waals surface area contributed by atoms with Gasteiger partial charge in [-0.1, -0.05) is 39.5 Å². The van der Waals surface area contributed by atoms with E-state index in [9.17, 15) is 0 Å². The van der Waals surface area contributed by atoms with Crippen molar-refractivity contribution in [1.29, 1.82) is 0 Å². The van der Waals surface area contributed by atoms with E-state index in [-0.39, 0.29) is 0 Å². The molecule has 6 heteroatoms. The molecule has 6 nitrogen and oxygen atoms in total. The molecule has 3 aromatic heterocycles. The molecule has 5 rings (SSSR count). The van der Waals surface area contributed by atoms with Crippen LogP contribution in [0.5, 0.6) is 0 Å². The fourth-order valence-corrected chi connectivity index (χ4v) is 4.73. The average Bonchev–Trinajstić information content (AvgIpc) is 3.19. The number of fused-ring (bicyclic) bond motifs is 1. The van der Waals surface area contributed by atoms with Gasteiger partial charge in [-0.05, 0) is 76.5 Å². The minimum Gasteiger partial charge on any atom is -0.350 e. The number of aromatic nitrogens is 4. The van der Waals surface area contributed by atoms with Gasteiger partial charge in [-0.15, -0.1) is 5.10 Å². The first-order valence-electron chi connectivity index (χ1n) is 13.0. The number of pyridine rings is 1. The molecule has 3 heterocycles. The van der Waals surface area contributed by atoms with Crippen LogP contribution >= 0.6 is 0 Å². The number of rotatable bonds is 5. The molecule has 0 spiro atoms. The molecule has 0 bridgehead atoms. The van der Waals surface area contributed by atoms with Gasteiger partial charge in [0.1, 0.15) is 0 Å². The molecule has 0 aromatic carbocycles. The summed E-state index contributed by atoms with van der Waals surface area (Å²) in [6.45, 7) is 10.6. The molecule has 2 aliphatic carbocycles. The van der Waals surface area contributed by atoms with Gasteiger partial charge in [0.2, 0.25) is 5.95 Å². The van der Waals surface area contributed by atoms with Crippen LogP contribution in [0.1, 0.15) is 84.8 Å². The van der Waals surface area contributed by atoms with E-state index in [1.165, 1.54) is 51.4 Å². The fourth-order valence-electron chi connectivity index (χ4n) is 4.73. The fraction of sp³-hybridized carbons (Fsp3) is 0.571. The van der Waals surface area contributed by atoms with Crippen molar-refractivity contribution in [3.63, 3.8) is 0 Å². The highest BCUT2D eigenvalue weighted by Gasteiger charge is 2.19. The number of aliphatic imine (C=N–C) groups is 1. The van der Waals surface area contributed by atoms with E-state index >= 15 is 0 Å². The largest absolute Gasteiger partial charge is 0.350 e. The van der Waals surface area contributed by atoms with Crippen LogP contribution in [0, 0.1) is 18.8 Å². The molecular formula is C28H40N6. The molecule has 0 unspecified atom stereocenters. The van der Waals surface area contributed by atoms with Crippen molar-refractivity contribution in [2.24, 2.45) is 16.8 Å². The normalized spacial score (nSPS) is 20.3. The van der Waals surface area contributed by atoms with Crippen molar-refractivity contribution in [1.82, 2.24) is 19.6 Å². The molecule has 34 heavy (non-hydrogen) atoms. The highest BCUT2D eigenvalue weighted by molar-refractivity contribution is 5.83. The predicted molar refractivity (Wildman–Crippen MR) is 142 cm³/mol. The smallest absolute Gasteiger partial charge is 0.241 e. The summed E-state index contributed by atoms with van der Waals surface area (Å²) in [7, 11) is 0. The van der Waals surface area contributed by atoms with Crippen molar-refractivity contribution in [3.8, 4) is 11.3 Å². The summed E-state index contributed by atoms with van der Waals surface area (Å²) in [6, 6.07) is 6.56. The molecule has 2 aliphatic rings. The molecule has 0 saturated heterocycles. The minimum atomic E-state index is 0.475. The zero-order chi connectivity index (χ0) is 24.1. The Balaban J connectivity index is 0.000000398. The number of nitrogens with one attached hydrogen (secondary N) is 1. The summed E-state index contributed by atoms with van der Waals surface area (Å²) in [5, 5.41) is 8.16. The van der Waals surface area contributed by atoms with Crippen LogP contribution in [0.4, 0.5) is 11.6 Å². The average molecular weight is 461 g/mol. The molecule has 0 amide bonds. The van der Waals surface area contributed by atoms with Crippen LogP contribution < -0.4 is 5.32 Å². The van der Waals surface area contributed by atoms with E-state index in [0.717, 1.165) is 45.7 Å². The Hall–Kier alpha value is -2.76. The lowest BCUT2D eigenvalue weighted by Gasteiger charge is -2.26. The second kappa shape index (κ2) is 11.1. The summed E-state index contributed by atoms with van der Waals surface area (Å²) < 4.78 is 1.88. The molecule has 3 aromatic rings. The SMILES string of the molecule is CC(C)=Nc1ccc(-c2ccn3nc(NC4CCC(C)CC4)ncc23)nc1C.CCC1CCC1. The zero-order valence-electron chi connectivity index (χ0n) is 21.5. The maximum absolute atomic E-state index is 4.75. The Morgan fingerprint density at radius 1 is 1.09 bits per heavy atom. The second-order valence-corrected chi connectivity index (χ2v) is 10.3. The molecular weight excluding hydrogens is 420 g/mol. The summed E-state index contributed by atoms with van der Waals surface area (Å²) in [5.74, 6) is 2.65. The monoisotopic (exact) mass is 460 g/mol. The molecule has 0 radical (unpaired) electrons. The number of hydrogen-bond donors (Lipinski definition) is 1. The van der Waals surface area contributed by atoms with Crippen LogP contribution in [0.3, 0.4) is 0 Å². The van der Waals surface area contributed by atoms with E-state index in [0.29, 0.717) is 12.0 Å². The standard InChI is InChI=1S/C22H28N6.C6H12/c1-14(2)24-19-9-10-20(25-16(19)4)18-11-12-28-21(18)13-23-22(27-28)26-17-7-5-15(3)6-8-17;1-2-6-4-3-5-6/h9-13,15,17H,5-8H2,1-4H3,(H,26,27);6H,2-5H2,1H3. The molecule has 1 N–H and O–H groups in total. The van der Waals surface area contributed by atoms with E-state index in [1.54, 1.807) is 0 Å². The van der Waals surface area contributed by atoms with Crippen molar-refractivity contribution in [2.45, 2.75) is 92.0 Å². The van der Waals surface area contributed by atoms with Crippen molar-refractivity contribution >= 4 is 22.9 Å². The molecule has 0 atom stereocenters. The lowest BCUT2D eigenvalue weighted by Crippen LogP contribution is -2.26. The number of hydrogen-bond acceptors (Lipinski definition) is 5. The van der Waals surface area contributed by atoms with Gasteiger partial charge in [0.25, 0.3) is 0 Å².